The third-order valence-electron chi connectivity index (χ3n) is 4.07. The Morgan fingerprint density at radius 3 is 2.90 bits per heavy atom. The highest BCUT2D eigenvalue weighted by molar-refractivity contribution is 6.30. The number of benzene rings is 1. The molecule has 0 spiro atoms. The van der Waals surface area contributed by atoms with Crippen molar-refractivity contribution in [3.8, 4) is 6.07 Å². The minimum Gasteiger partial charge on any atom is -0.368 e. The fraction of sp³-hybridized carbons (Fsp3) is 0.429. The van der Waals surface area contributed by atoms with Gasteiger partial charge in [0.05, 0.1) is 11.8 Å². The molecule has 0 bridgehead atoms. The summed E-state index contributed by atoms with van der Waals surface area (Å²) in [6.07, 6.45) is 1.78. The van der Waals surface area contributed by atoms with Gasteiger partial charge in [-0.05, 0) is 37.5 Å². The number of amides is 2. The van der Waals surface area contributed by atoms with Gasteiger partial charge in [-0.1, -0.05) is 11.6 Å². The van der Waals surface area contributed by atoms with E-state index >= 15 is 0 Å². The molecule has 7 heteroatoms. The molecule has 3 rings (SSSR count). The van der Waals surface area contributed by atoms with Gasteiger partial charge >= 0.3 is 6.03 Å². The predicted molar refractivity (Wildman–Crippen MR) is 74.2 cm³/mol. The second-order valence-electron chi connectivity index (χ2n) is 5.27. The van der Waals surface area contributed by atoms with Gasteiger partial charge in [-0.3, -0.25) is 9.80 Å². The van der Waals surface area contributed by atoms with Crippen molar-refractivity contribution in [2.75, 3.05) is 11.4 Å². The maximum Gasteiger partial charge on any atom is 0.328 e. The van der Waals surface area contributed by atoms with Crippen LogP contribution < -0.4 is 4.90 Å². The number of fused-ring (bicyclic) bond motifs is 1. The molecule has 2 fully saturated rings. The van der Waals surface area contributed by atoms with Crippen molar-refractivity contribution in [1.82, 2.24) is 4.90 Å². The number of hydrogen-bond acceptors (Lipinski definition) is 3. The van der Waals surface area contributed by atoms with Gasteiger partial charge in [0.15, 0.2) is 11.8 Å². The van der Waals surface area contributed by atoms with Gasteiger partial charge in [-0.2, -0.15) is 5.26 Å². The molecular formula is C14H13ClFN3O2. The summed E-state index contributed by atoms with van der Waals surface area (Å²) in [6, 6.07) is 4.13. The molecule has 0 aliphatic carbocycles. The predicted octanol–water partition coefficient (Wildman–Crippen LogP) is 2.49. The van der Waals surface area contributed by atoms with E-state index in [0.717, 1.165) is 23.8 Å². The number of carbonyl (C=O) groups excluding carboxylic acids is 1. The molecule has 2 amide bonds. The first-order chi connectivity index (χ1) is 9.99. The van der Waals surface area contributed by atoms with E-state index in [1.807, 2.05) is 6.07 Å². The Balaban J connectivity index is 2.09. The van der Waals surface area contributed by atoms with Crippen molar-refractivity contribution < 1.29 is 14.3 Å². The number of piperidine rings is 1. The summed E-state index contributed by atoms with van der Waals surface area (Å²) in [5.74, 6) is -0.695. The number of nitrogens with zero attached hydrogens (tertiary/aromatic N) is 3. The molecule has 2 unspecified atom stereocenters. The van der Waals surface area contributed by atoms with E-state index in [-0.39, 0.29) is 10.7 Å². The van der Waals surface area contributed by atoms with Crippen LogP contribution in [-0.4, -0.2) is 34.3 Å². The minimum absolute atomic E-state index is 0.0428. The number of hydrogen-bond donors (Lipinski definition) is 1. The highest BCUT2D eigenvalue weighted by Crippen LogP contribution is 2.41. The number of aliphatic hydroxyl groups is 1. The monoisotopic (exact) mass is 309 g/mol. The van der Waals surface area contributed by atoms with Crippen molar-refractivity contribution in [1.29, 1.82) is 5.26 Å². The Morgan fingerprint density at radius 2 is 2.24 bits per heavy atom. The van der Waals surface area contributed by atoms with Crippen LogP contribution in [0.5, 0.6) is 0 Å². The topological polar surface area (TPSA) is 67.6 Å². The Bertz CT molecular complexity index is 648. The highest BCUT2D eigenvalue weighted by Gasteiger charge is 2.58. The molecule has 1 N–H and O–H groups in total. The molecule has 2 aliphatic rings. The molecule has 2 saturated heterocycles. The van der Waals surface area contributed by atoms with Gasteiger partial charge in [0.2, 0.25) is 0 Å². The number of nitriles is 1. The lowest BCUT2D eigenvalue weighted by atomic mass is 9.94. The third-order valence-corrected chi connectivity index (χ3v) is 4.30. The van der Waals surface area contributed by atoms with Crippen molar-refractivity contribution in [3.63, 3.8) is 0 Å². The van der Waals surface area contributed by atoms with E-state index in [0.29, 0.717) is 13.0 Å². The first kappa shape index (κ1) is 14.1. The molecule has 1 aromatic carbocycles. The molecule has 2 aliphatic heterocycles. The average molecular weight is 310 g/mol. The van der Waals surface area contributed by atoms with Crippen LogP contribution in [0.25, 0.3) is 0 Å². The van der Waals surface area contributed by atoms with E-state index in [2.05, 4.69) is 0 Å². The summed E-state index contributed by atoms with van der Waals surface area (Å²) in [4.78, 5) is 14.8. The van der Waals surface area contributed by atoms with Gasteiger partial charge < -0.3 is 5.11 Å². The highest BCUT2D eigenvalue weighted by atomic mass is 35.5. The smallest absolute Gasteiger partial charge is 0.328 e. The van der Waals surface area contributed by atoms with Crippen molar-refractivity contribution >= 4 is 23.3 Å². The van der Waals surface area contributed by atoms with Crippen molar-refractivity contribution in [3.05, 3.63) is 29.0 Å². The van der Waals surface area contributed by atoms with E-state index in [1.165, 1.54) is 17.0 Å². The Labute approximate surface area is 126 Å². The largest absolute Gasteiger partial charge is 0.368 e. The maximum atomic E-state index is 14.1. The van der Waals surface area contributed by atoms with Crippen LogP contribution in [0.3, 0.4) is 0 Å². The standard InChI is InChI=1S/C14H13ClFN3O2/c15-9-3-4-11(10(16)7-9)19-12(8-17)14(21)5-1-2-6-18(14)13(19)20/h3-4,7,12,21H,1-2,5-6H2. The molecule has 2 heterocycles. The third kappa shape index (κ3) is 1.96. The van der Waals surface area contributed by atoms with Crippen LogP contribution in [0.15, 0.2) is 18.2 Å². The van der Waals surface area contributed by atoms with E-state index in [1.54, 1.807) is 0 Å². The van der Waals surface area contributed by atoms with Gasteiger partial charge in [-0.25, -0.2) is 9.18 Å². The van der Waals surface area contributed by atoms with Crippen molar-refractivity contribution in [2.24, 2.45) is 0 Å². The van der Waals surface area contributed by atoms with Crippen LogP contribution in [0, 0.1) is 17.1 Å². The Hall–Kier alpha value is -1.84. The first-order valence-electron chi connectivity index (χ1n) is 6.67. The molecule has 110 valence electrons. The van der Waals surface area contributed by atoms with E-state index < -0.39 is 23.6 Å². The van der Waals surface area contributed by atoms with E-state index in [9.17, 15) is 19.6 Å². The lowest BCUT2D eigenvalue weighted by Gasteiger charge is -2.37. The fourth-order valence-electron chi connectivity index (χ4n) is 3.06. The Kier molecular flexibility index (Phi) is 3.27. The van der Waals surface area contributed by atoms with Gasteiger partial charge in [0.25, 0.3) is 0 Å². The summed E-state index contributed by atoms with van der Waals surface area (Å²) in [5.41, 5.74) is -1.60. The minimum atomic E-state index is -1.56. The van der Waals surface area contributed by atoms with Gasteiger partial charge in [0, 0.05) is 11.6 Å². The summed E-state index contributed by atoms with van der Waals surface area (Å²) in [6.45, 7) is 0.360. The van der Waals surface area contributed by atoms with Gasteiger partial charge in [0.1, 0.15) is 5.82 Å². The zero-order chi connectivity index (χ0) is 15.2. The first-order valence-corrected chi connectivity index (χ1v) is 7.05. The summed E-state index contributed by atoms with van der Waals surface area (Å²) in [5, 5.41) is 20.3. The second-order valence-corrected chi connectivity index (χ2v) is 5.70. The molecular weight excluding hydrogens is 297 g/mol. The van der Waals surface area contributed by atoms with E-state index in [4.69, 9.17) is 11.6 Å². The quantitative estimate of drug-likeness (QED) is 0.866. The summed E-state index contributed by atoms with van der Waals surface area (Å²) < 4.78 is 14.1. The number of carbonyl (C=O) groups is 1. The molecule has 2 atom stereocenters. The number of urea groups is 1. The van der Waals surface area contributed by atoms with Crippen LogP contribution in [-0.2, 0) is 0 Å². The molecule has 1 aromatic rings. The second kappa shape index (κ2) is 4.86. The lowest BCUT2D eigenvalue weighted by Crippen LogP contribution is -2.54. The zero-order valence-corrected chi connectivity index (χ0v) is 11.8. The number of rotatable bonds is 1. The van der Waals surface area contributed by atoms with Crippen molar-refractivity contribution in [2.45, 2.75) is 31.0 Å². The normalized spacial score (nSPS) is 28.5. The number of anilines is 1. The molecule has 21 heavy (non-hydrogen) atoms. The lowest BCUT2D eigenvalue weighted by molar-refractivity contribution is -0.0888. The Morgan fingerprint density at radius 1 is 1.48 bits per heavy atom. The van der Waals surface area contributed by atoms with Crippen LogP contribution >= 0.6 is 11.6 Å². The zero-order valence-electron chi connectivity index (χ0n) is 11.1. The molecule has 5 nitrogen and oxygen atoms in total. The van der Waals surface area contributed by atoms with Crippen LogP contribution in [0.4, 0.5) is 14.9 Å². The molecule has 0 aromatic heterocycles. The SMILES string of the molecule is N#CC1N(c2ccc(Cl)cc2F)C(=O)N2CCCCC12O. The maximum absolute atomic E-state index is 14.1. The number of halogens is 2. The average Bonchev–Trinajstić information content (AvgIpc) is 2.67. The molecule has 0 radical (unpaired) electrons. The van der Waals surface area contributed by atoms with Crippen LogP contribution in [0.1, 0.15) is 19.3 Å². The molecule has 0 saturated carbocycles. The summed E-state index contributed by atoms with van der Waals surface area (Å²) >= 11 is 5.71. The van der Waals surface area contributed by atoms with Crippen LogP contribution in [0.2, 0.25) is 5.02 Å². The van der Waals surface area contributed by atoms with Gasteiger partial charge in [-0.15, -0.1) is 0 Å². The fourth-order valence-corrected chi connectivity index (χ4v) is 3.22. The summed E-state index contributed by atoms with van der Waals surface area (Å²) in [7, 11) is 0.